The summed E-state index contributed by atoms with van der Waals surface area (Å²) >= 11 is 3.15. The van der Waals surface area contributed by atoms with Crippen LogP contribution in [0.4, 0.5) is 4.79 Å². The van der Waals surface area contributed by atoms with Crippen molar-refractivity contribution in [3.63, 3.8) is 0 Å². The maximum atomic E-state index is 12.5. The average Bonchev–Trinajstić information content (AvgIpc) is 2.92. The lowest BCUT2D eigenvalue weighted by atomic mass is 10.0. The van der Waals surface area contributed by atoms with Crippen molar-refractivity contribution in [3.05, 3.63) is 27.5 Å². The molecule has 2 aromatic heterocycles. The SMILES string of the molecule is CCOC(=O)C1=C(CSc2nc(C)nc3sc(C)c(C)c23)NC(=O)NC1CC. The topological polar surface area (TPSA) is 93.2 Å². The Balaban J connectivity index is 1.98. The number of carbonyl (C=O) groups excluding carboxylic acids is 2. The first-order chi connectivity index (χ1) is 13.3. The molecule has 0 fully saturated rings. The highest BCUT2D eigenvalue weighted by atomic mass is 32.2. The molecular formula is C19H24N4O3S2. The van der Waals surface area contributed by atoms with Gasteiger partial charge in [-0.25, -0.2) is 19.6 Å². The zero-order valence-electron chi connectivity index (χ0n) is 16.6. The molecule has 1 atom stereocenters. The summed E-state index contributed by atoms with van der Waals surface area (Å²) in [6, 6.07) is -0.664. The molecule has 2 aromatic rings. The van der Waals surface area contributed by atoms with Gasteiger partial charge in [0.2, 0.25) is 0 Å². The number of esters is 1. The van der Waals surface area contributed by atoms with Crippen molar-refractivity contribution in [2.45, 2.75) is 52.1 Å². The summed E-state index contributed by atoms with van der Waals surface area (Å²) in [6.07, 6.45) is 0.607. The molecule has 0 saturated carbocycles. The van der Waals surface area contributed by atoms with Crippen molar-refractivity contribution >= 4 is 45.3 Å². The van der Waals surface area contributed by atoms with E-state index in [0.717, 1.165) is 15.2 Å². The second kappa shape index (κ2) is 8.48. The Morgan fingerprint density at radius 3 is 2.68 bits per heavy atom. The fourth-order valence-corrected chi connectivity index (χ4v) is 5.37. The van der Waals surface area contributed by atoms with E-state index >= 15 is 0 Å². The van der Waals surface area contributed by atoms with Crippen LogP contribution in [0.5, 0.6) is 0 Å². The Kier molecular flexibility index (Phi) is 6.24. The van der Waals surface area contributed by atoms with Crippen molar-refractivity contribution in [2.75, 3.05) is 12.4 Å². The third-order valence-corrected chi connectivity index (χ3v) is 6.71. The van der Waals surface area contributed by atoms with Gasteiger partial charge in [0.15, 0.2) is 0 Å². The van der Waals surface area contributed by atoms with Crippen molar-refractivity contribution < 1.29 is 14.3 Å². The zero-order valence-corrected chi connectivity index (χ0v) is 18.3. The maximum Gasteiger partial charge on any atom is 0.337 e. The van der Waals surface area contributed by atoms with E-state index in [1.807, 2.05) is 13.8 Å². The Morgan fingerprint density at radius 2 is 2.00 bits per heavy atom. The van der Waals surface area contributed by atoms with Crippen LogP contribution in [0.25, 0.3) is 10.2 Å². The van der Waals surface area contributed by atoms with Gasteiger partial charge in [0.25, 0.3) is 0 Å². The number of hydrogen-bond donors (Lipinski definition) is 2. The Labute approximate surface area is 172 Å². The monoisotopic (exact) mass is 420 g/mol. The van der Waals surface area contributed by atoms with E-state index in [2.05, 4.69) is 34.4 Å². The van der Waals surface area contributed by atoms with Gasteiger partial charge in [-0.3, -0.25) is 0 Å². The molecule has 0 saturated heterocycles. The highest BCUT2D eigenvalue weighted by molar-refractivity contribution is 7.99. The van der Waals surface area contributed by atoms with E-state index in [0.29, 0.717) is 29.3 Å². The van der Waals surface area contributed by atoms with Gasteiger partial charge in [0.1, 0.15) is 15.7 Å². The lowest BCUT2D eigenvalue weighted by Crippen LogP contribution is -2.50. The number of thioether (sulfide) groups is 1. The predicted octanol–water partition coefficient (Wildman–Crippen LogP) is 3.62. The smallest absolute Gasteiger partial charge is 0.337 e. The summed E-state index contributed by atoms with van der Waals surface area (Å²) in [6.45, 7) is 9.99. The number of nitrogens with one attached hydrogen (secondary N) is 2. The van der Waals surface area contributed by atoms with Crippen LogP contribution in [0.3, 0.4) is 0 Å². The lowest BCUT2D eigenvalue weighted by Gasteiger charge is -2.28. The van der Waals surface area contributed by atoms with E-state index in [9.17, 15) is 9.59 Å². The third-order valence-electron chi connectivity index (χ3n) is 4.61. The van der Waals surface area contributed by atoms with Gasteiger partial charge in [-0.15, -0.1) is 11.3 Å². The summed E-state index contributed by atoms with van der Waals surface area (Å²) in [5.74, 6) is 0.721. The molecule has 3 rings (SSSR count). The number of urea groups is 1. The zero-order chi connectivity index (χ0) is 20.4. The Morgan fingerprint density at radius 1 is 1.25 bits per heavy atom. The molecule has 1 aliphatic heterocycles. The fourth-order valence-electron chi connectivity index (χ4n) is 3.13. The average molecular weight is 421 g/mol. The number of hydrogen-bond acceptors (Lipinski definition) is 7. The molecule has 1 aliphatic rings. The summed E-state index contributed by atoms with van der Waals surface area (Å²) in [4.78, 5) is 35.9. The van der Waals surface area contributed by atoms with Crippen LogP contribution in [0.15, 0.2) is 16.3 Å². The molecule has 1 unspecified atom stereocenters. The molecule has 2 amide bonds. The maximum absolute atomic E-state index is 12.5. The van der Waals surface area contributed by atoms with Gasteiger partial charge in [-0.1, -0.05) is 18.7 Å². The standard InChI is InChI=1S/C19H24N4O3S2/c1-6-12-15(18(24)26-7-2)13(23-19(25)22-12)8-27-16-14-9(3)10(4)28-17(14)21-11(5)20-16/h12H,6-8H2,1-5H3,(H2,22,23,25). The normalized spacial score (nSPS) is 16.9. The molecule has 0 aromatic carbocycles. The first-order valence-electron chi connectivity index (χ1n) is 9.20. The molecule has 0 spiro atoms. The molecule has 3 heterocycles. The van der Waals surface area contributed by atoms with Crippen molar-refractivity contribution in [1.29, 1.82) is 0 Å². The molecule has 7 nitrogen and oxygen atoms in total. The summed E-state index contributed by atoms with van der Waals surface area (Å²) < 4.78 is 5.22. The van der Waals surface area contributed by atoms with Gasteiger partial charge in [0, 0.05) is 21.7 Å². The first kappa shape index (κ1) is 20.6. The number of amides is 2. The molecule has 28 heavy (non-hydrogen) atoms. The quantitative estimate of drug-likeness (QED) is 0.421. The van der Waals surface area contributed by atoms with Gasteiger partial charge in [-0.05, 0) is 39.7 Å². The van der Waals surface area contributed by atoms with Gasteiger partial charge in [-0.2, -0.15) is 0 Å². The number of fused-ring (bicyclic) bond motifs is 1. The first-order valence-corrected chi connectivity index (χ1v) is 11.0. The Bertz CT molecular complexity index is 968. The highest BCUT2D eigenvalue weighted by Gasteiger charge is 2.31. The molecule has 0 bridgehead atoms. The minimum absolute atomic E-state index is 0.284. The van der Waals surface area contributed by atoms with Crippen LogP contribution in [0.1, 0.15) is 36.5 Å². The third kappa shape index (κ3) is 4.00. The molecule has 0 radical (unpaired) electrons. The Hall–Kier alpha value is -2.13. The predicted molar refractivity (Wildman–Crippen MR) is 112 cm³/mol. The van der Waals surface area contributed by atoms with E-state index in [4.69, 9.17) is 4.74 Å². The van der Waals surface area contributed by atoms with E-state index in [-0.39, 0.29) is 18.7 Å². The number of aromatic nitrogens is 2. The molecule has 2 N–H and O–H groups in total. The summed E-state index contributed by atoms with van der Waals surface area (Å²) in [7, 11) is 0. The van der Waals surface area contributed by atoms with Crippen molar-refractivity contribution in [2.24, 2.45) is 0 Å². The van der Waals surface area contributed by atoms with Gasteiger partial charge >= 0.3 is 12.0 Å². The van der Waals surface area contributed by atoms with Gasteiger partial charge < -0.3 is 15.4 Å². The van der Waals surface area contributed by atoms with Crippen molar-refractivity contribution in [1.82, 2.24) is 20.6 Å². The van der Waals surface area contributed by atoms with E-state index in [1.54, 1.807) is 18.3 Å². The second-order valence-corrected chi connectivity index (χ2v) is 8.67. The van der Waals surface area contributed by atoms with Crippen LogP contribution in [0, 0.1) is 20.8 Å². The largest absolute Gasteiger partial charge is 0.463 e. The number of thiophene rings is 1. The minimum atomic E-state index is -0.399. The van der Waals surface area contributed by atoms with Crippen molar-refractivity contribution in [3.8, 4) is 0 Å². The fraction of sp³-hybridized carbons (Fsp3) is 0.474. The lowest BCUT2D eigenvalue weighted by molar-refractivity contribution is -0.139. The number of aryl methyl sites for hydroxylation is 3. The summed E-state index contributed by atoms with van der Waals surface area (Å²) in [5.41, 5.74) is 2.23. The van der Waals surface area contributed by atoms with E-state index < -0.39 is 5.97 Å². The summed E-state index contributed by atoms with van der Waals surface area (Å²) in [5, 5.41) is 7.49. The van der Waals surface area contributed by atoms with Crippen LogP contribution in [-0.4, -0.2) is 40.4 Å². The van der Waals surface area contributed by atoms with E-state index in [1.165, 1.54) is 22.2 Å². The van der Waals surface area contributed by atoms with Crippen LogP contribution in [0.2, 0.25) is 0 Å². The second-order valence-electron chi connectivity index (χ2n) is 6.50. The van der Waals surface area contributed by atoms with Crippen LogP contribution >= 0.6 is 23.1 Å². The number of rotatable bonds is 6. The highest BCUT2D eigenvalue weighted by Crippen LogP contribution is 2.36. The molecule has 0 aliphatic carbocycles. The minimum Gasteiger partial charge on any atom is -0.463 e. The number of nitrogens with zero attached hydrogens (tertiary/aromatic N) is 2. The molecule has 9 heteroatoms. The molecular weight excluding hydrogens is 396 g/mol. The number of carbonyl (C=O) groups is 2. The molecule has 150 valence electrons. The number of ether oxygens (including phenoxy) is 1. The van der Waals surface area contributed by atoms with Gasteiger partial charge in [0.05, 0.1) is 18.2 Å². The van der Waals surface area contributed by atoms with Crippen LogP contribution in [-0.2, 0) is 9.53 Å². The van der Waals surface area contributed by atoms with Crippen LogP contribution < -0.4 is 10.6 Å².